The van der Waals surface area contributed by atoms with Crippen LogP contribution >= 0.6 is 0 Å². The van der Waals surface area contributed by atoms with Crippen LogP contribution in [-0.4, -0.2) is 61.5 Å². The first-order chi connectivity index (χ1) is 13.3. The van der Waals surface area contributed by atoms with Crippen LogP contribution in [0.25, 0.3) is 0 Å². The lowest BCUT2D eigenvalue weighted by molar-refractivity contribution is -0.118. The summed E-state index contributed by atoms with van der Waals surface area (Å²) in [5, 5.41) is 2.52. The number of sulfonamides is 1. The lowest BCUT2D eigenvalue weighted by atomic mass is 10.1. The smallest absolute Gasteiger partial charge is 0.253 e. The van der Waals surface area contributed by atoms with Crippen LogP contribution < -0.4 is 5.32 Å². The zero-order valence-corrected chi connectivity index (χ0v) is 16.0. The minimum absolute atomic E-state index is 0.0323. The van der Waals surface area contributed by atoms with E-state index in [1.807, 2.05) is 0 Å². The minimum atomic E-state index is -3.75. The predicted molar refractivity (Wildman–Crippen MR) is 100 cm³/mol. The number of fused-ring (bicyclic) bond motifs is 2. The highest BCUT2D eigenvalue weighted by Gasteiger charge is 2.46. The summed E-state index contributed by atoms with van der Waals surface area (Å²) in [6.45, 7) is 0.747. The van der Waals surface area contributed by atoms with Crippen molar-refractivity contribution in [2.45, 2.75) is 31.3 Å². The van der Waals surface area contributed by atoms with Crippen molar-refractivity contribution in [3.63, 3.8) is 0 Å². The van der Waals surface area contributed by atoms with Crippen LogP contribution in [0.5, 0.6) is 0 Å². The van der Waals surface area contributed by atoms with E-state index in [-0.39, 0.29) is 22.3 Å². The number of amides is 1. The summed E-state index contributed by atoms with van der Waals surface area (Å²) in [6.07, 6.45) is 3.90. The average Bonchev–Trinajstić information content (AvgIpc) is 2.95. The molecule has 3 aliphatic rings. The Morgan fingerprint density at radius 1 is 1.25 bits per heavy atom. The fourth-order valence-electron chi connectivity index (χ4n) is 3.91. The maximum Gasteiger partial charge on any atom is 0.253 e. The van der Waals surface area contributed by atoms with Crippen LogP contribution in [0.2, 0.25) is 0 Å². The molecule has 1 fully saturated rings. The molecule has 0 radical (unpaired) electrons. The summed E-state index contributed by atoms with van der Waals surface area (Å²) in [4.78, 5) is 18.8. The van der Waals surface area contributed by atoms with Crippen molar-refractivity contribution in [3.05, 3.63) is 40.9 Å². The normalized spacial score (nSPS) is 26.6. The first kappa shape index (κ1) is 19.0. The van der Waals surface area contributed by atoms with Gasteiger partial charge in [0.2, 0.25) is 10.0 Å². The Bertz CT molecular complexity index is 993. The Morgan fingerprint density at radius 2 is 2.04 bits per heavy atom. The average molecular weight is 410 g/mol. The Labute approximate surface area is 161 Å². The van der Waals surface area contributed by atoms with Crippen molar-refractivity contribution in [3.8, 4) is 0 Å². The van der Waals surface area contributed by atoms with Crippen molar-refractivity contribution in [2.24, 2.45) is 4.99 Å². The summed E-state index contributed by atoms with van der Waals surface area (Å²) < 4.78 is 54.3. The number of carbonyl (C=O) groups is 1. The zero-order chi connectivity index (χ0) is 20.1. The first-order valence-electron chi connectivity index (χ1n) is 9.05. The second kappa shape index (κ2) is 6.93. The highest BCUT2D eigenvalue weighted by Crippen LogP contribution is 2.33. The van der Waals surface area contributed by atoms with Gasteiger partial charge in [-0.15, -0.1) is 0 Å². The van der Waals surface area contributed by atoms with Gasteiger partial charge in [-0.05, 0) is 25.0 Å². The molecule has 0 spiro atoms. The second-order valence-electron chi connectivity index (χ2n) is 7.17. The van der Waals surface area contributed by atoms with Gasteiger partial charge >= 0.3 is 0 Å². The number of aliphatic imine (C=N–C) groups is 1. The molecule has 1 aromatic carbocycles. The number of piperidine rings is 1. The number of rotatable bonds is 2. The third-order valence-electron chi connectivity index (χ3n) is 5.31. The second-order valence-corrected chi connectivity index (χ2v) is 9.03. The van der Waals surface area contributed by atoms with E-state index in [4.69, 9.17) is 0 Å². The van der Waals surface area contributed by atoms with Crippen LogP contribution in [-0.2, 0) is 14.8 Å². The van der Waals surface area contributed by atoms with Crippen LogP contribution in [0, 0.1) is 11.6 Å². The molecule has 150 valence electrons. The molecular weight excluding hydrogens is 390 g/mol. The van der Waals surface area contributed by atoms with E-state index < -0.39 is 33.6 Å². The first-order valence-corrected chi connectivity index (χ1v) is 10.5. The van der Waals surface area contributed by atoms with Gasteiger partial charge in [0.1, 0.15) is 4.91 Å². The van der Waals surface area contributed by atoms with E-state index in [9.17, 15) is 22.0 Å². The Kier molecular flexibility index (Phi) is 4.70. The van der Waals surface area contributed by atoms with Crippen molar-refractivity contribution in [1.82, 2.24) is 9.21 Å². The quantitative estimate of drug-likeness (QED) is 0.805. The molecule has 1 N–H and O–H groups in total. The van der Waals surface area contributed by atoms with Crippen LogP contribution in [0.1, 0.15) is 19.3 Å². The van der Waals surface area contributed by atoms with Crippen molar-refractivity contribution >= 4 is 27.3 Å². The summed E-state index contributed by atoms with van der Waals surface area (Å²) >= 11 is 0. The van der Waals surface area contributed by atoms with Gasteiger partial charge in [-0.2, -0.15) is 4.31 Å². The van der Waals surface area contributed by atoms with E-state index in [1.54, 1.807) is 7.05 Å². The molecule has 7 nitrogen and oxygen atoms in total. The number of hydrogen-bond acceptors (Lipinski definition) is 5. The monoisotopic (exact) mass is 410 g/mol. The number of halogens is 2. The molecule has 10 heteroatoms. The SMILES string of the molecule is CN1C=C2C(=NCC3CCCCN3S2(=O)=O)C1C(=O)Nc1ccc(F)c(F)c1. The Hall–Kier alpha value is -2.33. The number of anilines is 1. The molecule has 1 amide bonds. The number of carbonyl (C=O) groups excluding carboxylic acids is 1. The van der Waals surface area contributed by atoms with Gasteiger partial charge in [0, 0.05) is 37.6 Å². The molecule has 1 saturated heterocycles. The maximum atomic E-state index is 13.4. The van der Waals surface area contributed by atoms with Crippen molar-refractivity contribution < 1.29 is 22.0 Å². The molecule has 4 rings (SSSR count). The molecule has 0 aromatic heterocycles. The number of benzene rings is 1. The van der Waals surface area contributed by atoms with Crippen LogP contribution in [0.3, 0.4) is 0 Å². The zero-order valence-electron chi connectivity index (χ0n) is 15.2. The van der Waals surface area contributed by atoms with E-state index in [0.29, 0.717) is 13.1 Å². The van der Waals surface area contributed by atoms with Gasteiger partial charge in [0.25, 0.3) is 5.91 Å². The van der Waals surface area contributed by atoms with Crippen LogP contribution in [0.15, 0.2) is 34.3 Å². The predicted octanol–water partition coefficient (Wildman–Crippen LogP) is 1.70. The number of nitrogens with zero attached hydrogens (tertiary/aromatic N) is 3. The molecule has 2 unspecified atom stereocenters. The van der Waals surface area contributed by atoms with E-state index in [1.165, 1.54) is 21.5 Å². The van der Waals surface area contributed by atoms with Gasteiger partial charge in [-0.1, -0.05) is 6.42 Å². The molecule has 0 bridgehead atoms. The summed E-state index contributed by atoms with van der Waals surface area (Å²) in [6, 6.07) is 1.88. The number of nitrogens with one attached hydrogen (secondary N) is 1. The van der Waals surface area contributed by atoms with Crippen molar-refractivity contribution in [1.29, 1.82) is 0 Å². The molecule has 0 saturated carbocycles. The Morgan fingerprint density at radius 3 is 2.79 bits per heavy atom. The van der Waals surface area contributed by atoms with Gasteiger partial charge in [0.05, 0.1) is 12.3 Å². The van der Waals surface area contributed by atoms with Gasteiger partial charge in [0.15, 0.2) is 17.7 Å². The molecule has 3 aliphatic heterocycles. The molecule has 1 aromatic rings. The molecule has 28 heavy (non-hydrogen) atoms. The third-order valence-corrected chi connectivity index (χ3v) is 7.28. The van der Waals surface area contributed by atoms with E-state index >= 15 is 0 Å². The lowest BCUT2D eigenvalue weighted by Gasteiger charge is -2.32. The van der Waals surface area contributed by atoms with Crippen molar-refractivity contribution in [2.75, 3.05) is 25.5 Å². The maximum absolute atomic E-state index is 13.4. The summed E-state index contributed by atoms with van der Waals surface area (Å²) in [5.41, 5.74) is 0.275. The van der Waals surface area contributed by atoms with Gasteiger partial charge in [-0.3, -0.25) is 9.79 Å². The molecule has 2 atom stereocenters. The van der Waals surface area contributed by atoms with E-state index in [0.717, 1.165) is 31.4 Å². The van der Waals surface area contributed by atoms with Crippen LogP contribution in [0.4, 0.5) is 14.5 Å². The summed E-state index contributed by atoms with van der Waals surface area (Å²) in [5.74, 6) is -2.66. The van der Waals surface area contributed by atoms with Gasteiger partial charge < -0.3 is 10.2 Å². The van der Waals surface area contributed by atoms with Gasteiger partial charge in [-0.25, -0.2) is 17.2 Å². The standard InChI is InChI=1S/C18H20F2N4O3S/c1-23-10-15-16(21-9-12-4-2-3-7-24(12)28(15,26)27)17(23)18(25)22-11-5-6-13(19)14(20)8-11/h5-6,8,10,12,17H,2-4,7,9H2,1H3,(H,22,25). The third kappa shape index (κ3) is 3.10. The minimum Gasteiger partial charge on any atom is -0.363 e. The largest absolute Gasteiger partial charge is 0.363 e. The fourth-order valence-corrected chi connectivity index (χ4v) is 5.84. The number of likely N-dealkylation sites (N-methyl/N-ethyl adjacent to an activating group) is 1. The fraction of sp³-hybridized carbons (Fsp3) is 0.444. The number of hydrogen-bond donors (Lipinski definition) is 1. The van der Waals surface area contributed by atoms with E-state index in [2.05, 4.69) is 10.3 Å². The molecule has 3 heterocycles. The summed E-state index contributed by atoms with van der Waals surface area (Å²) in [7, 11) is -2.16. The lowest BCUT2D eigenvalue weighted by Crippen LogP contribution is -2.45. The highest BCUT2D eigenvalue weighted by atomic mass is 32.2. The Balaban J connectivity index is 1.64. The molecule has 0 aliphatic carbocycles. The molecular formula is C18H20F2N4O3S. The highest BCUT2D eigenvalue weighted by molar-refractivity contribution is 7.94. The topological polar surface area (TPSA) is 82.1 Å².